The zero-order chi connectivity index (χ0) is 21.5. The van der Waals surface area contributed by atoms with E-state index in [0.29, 0.717) is 12.4 Å². The molecule has 1 amide bonds. The van der Waals surface area contributed by atoms with Crippen LogP contribution < -0.4 is 14.8 Å². The van der Waals surface area contributed by atoms with Crippen LogP contribution in [0.5, 0.6) is 11.5 Å². The zero-order valence-corrected chi connectivity index (χ0v) is 18.7. The minimum Gasteiger partial charge on any atom is -0.493 e. The van der Waals surface area contributed by atoms with Gasteiger partial charge in [0.2, 0.25) is 0 Å². The summed E-state index contributed by atoms with van der Waals surface area (Å²) >= 11 is 3.28. The number of nitrogens with zero attached hydrogens (tertiary/aromatic N) is 1. The molecule has 0 radical (unpaired) electrons. The lowest BCUT2D eigenvalue weighted by atomic mass is 10.2. The molecule has 0 atom stereocenters. The van der Waals surface area contributed by atoms with Crippen molar-refractivity contribution in [3.05, 3.63) is 78.4 Å². The van der Waals surface area contributed by atoms with E-state index in [9.17, 15) is 4.79 Å². The number of hydrogen-bond donors (Lipinski definition) is 1. The molecule has 0 unspecified atom stereocenters. The van der Waals surface area contributed by atoms with Gasteiger partial charge in [-0.15, -0.1) is 11.3 Å². The molecule has 4 aromatic rings. The Hall–Kier alpha value is -3.03. The summed E-state index contributed by atoms with van der Waals surface area (Å²) < 4.78 is 13.3. The SMILES string of the molecule is Cc1ccc(OCCSc2nc3ccc(NC(=O)COc4ccccc4)cc3s2)cc1. The molecule has 0 saturated carbocycles. The van der Waals surface area contributed by atoms with Crippen molar-refractivity contribution in [1.82, 2.24) is 4.98 Å². The van der Waals surface area contributed by atoms with Crippen LogP contribution in [0, 0.1) is 6.92 Å². The summed E-state index contributed by atoms with van der Waals surface area (Å²) in [4.78, 5) is 16.8. The number of hydrogen-bond acceptors (Lipinski definition) is 6. The van der Waals surface area contributed by atoms with E-state index >= 15 is 0 Å². The van der Waals surface area contributed by atoms with E-state index < -0.39 is 0 Å². The van der Waals surface area contributed by atoms with Gasteiger partial charge in [-0.3, -0.25) is 4.79 Å². The van der Waals surface area contributed by atoms with Crippen LogP contribution in [0.3, 0.4) is 0 Å². The third-order valence-corrected chi connectivity index (χ3v) is 6.49. The third-order valence-electron chi connectivity index (χ3n) is 4.36. The molecule has 0 fully saturated rings. The van der Waals surface area contributed by atoms with Gasteiger partial charge in [0.25, 0.3) is 5.91 Å². The highest BCUT2D eigenvalue weighted by Gasteiger charge is 2.08. The lowest BCUT2D eigenvalue weighted by Gasteiger charge is -2.07. The largest absolute Gasteiger partial charge is 0.493 e. The highest BCUT2D eigenvalue weighted by atomic mass is 32.2. The molecular formula is C24H22N2O3S2. The van der Waals surface area contributed by atoms with Gasteiger partial charge in [-0.2, -0.15) is 0 Å². The van der Waals surface area contributed by atoms with Gasteiger partial charge in [-0.25, -0.2) is 4.98 Å². The summed E-state index contributed by atoms with van der Waals surface area (Å²) in [7, 11) is 0. The summed E-state index contributed by atoms with van der Waals surface area (Å²) in [5.74, 6) is 2.17. The Kier molecular flexibility index (Phi) is 7.07. The van der Waals surface area contributed by atoms with E-state index in [4.69, 9.17) is 9.47 Å². The maximum absolute atomic E-state index is 12.2. The van der Waals surface area contributed by atoms with Gasteiger partial charge >= 0.3 is 0 Å². The fourth-order valence-electron chi connectivity index (χ4n) is 2.83. The number of fused-ring (bicyclic) bond motifs is 1. The zero-order valence-electron chi connectivity index (χ0n) is 17.0. The number of carbonyl (C=O) groups is 1. The van der Waals surface area contributed by atoms with Crippen molar-refractivity contribution < 1.29 is 14.3 Å². The van der Waals surface area contributed by atoms with Crippen LogP contribution in [-0.4, -0.2) is 29.9 Å². The van der Waals surface area contributed by atoms with Gasteiger partial charge < -0.3 is 14.8 Å². The molecule has 1 aromatic heterocycles. The maximum atomic E-state index is 12.2. The second kappa shape index (κ2) is 10.3. The quantitative estimate of drug-likeness (QED) is 0.258. The van der Waals surface area contributed by atoms with Crippen molar-refractivity contribution in [1.29, 1.82) is 0 Å². The first-order valence-corrected chi connectivity index (χ1v) is 11.7. The molecular weight excluding hydrogens is 428 g/mol. The van der Waals surface area contributed by atoms with Crippen LogP contribution >= 0.6 is 23.1 Å². The molecule has 31 heavy (non-hydrogen) atoms. The molecule has 0 aliphatic rings. The number of thiazole rings is 1. The average Bonchev–Trinajstić information content (AvgIpc) is 3.19. The first-order valence-electron chi connectivity index (χ1n) is 9.86. The third kappa shape index (κ3) is 6.23. The summed E-state index contributed by atoms with van der Waals surface area (Å²) in [6.45, 7) is 2.64. The Balaban J connectivity index is 1.27. The van der Waals surface area contributed by atoms with E-state index in [1.807, 2.05) is 72.8 Å². The van der Waals surface area contributed by atoms with Crippen LogP contribution in [0.2, 0.25) is 0 Å². The van der Waals surface area contributed by atoms with Crippen LogP contribution in [-0.2, 0) is 4.79 Å². The van der Waals surface area contributed by atoms with Gasteiger partial charge in [-0.1, -0.05) is 47.7 Å². The molecule has 4 rings (SSSR count). The second-order valence-electron chi connectivity index (χ2n) is 6.82. The monoisotopic (exact) mass is 450 g/mol. The Morgan fingerprint density at radius 2 is 1.77 bits per heavy atom. The molecule has 0 saturated heterocycles. The normalized spacial score (nSPS) is 10.7. The van der Waals surface area contributed by atoms with Gasteiger partial charge in [0.1, 0.15) is 11.5 Å². The van der Waals surface area contributed by atoms with Crippen LogP contribution in [0.15, 0.2) is 77.1 Å². The number of carbonyl (C=O) groups excluding carboxylic acids is 1. The minimum absolute atomic E-state index is 0.0349. The van der Waals surface area contributed by atoms with Crippen molar-refractivity contribution in [2.24, 2.45) is 0 Å². The van der Waals surface area contributed by atoms with Crippen LogP contribution in [0.1, 0.15) is 5.56 Å². The van der Waals surface area contributed by atoms with Gasteiger partial charge in [0.05, 0.1) is 16.8 Å². The second-order valence-corrected chi connectivity index (χ2v) is 9.19. The van der Waals surface area contributed by atoms with E-state index in [1.54, 1.807) is 23.1 Å². The lowest BCUT2D eigenvalue weighted by Crippen LogP contribution is -2.20. The number of aryl methyl sites for hydroxylation is 1. The van der Waals surface area contributed by atoms with E-state index in [1.165, 1.54) is 5.56 Å². The van der Waals surface area contributed by atoms with Crippen LogP contribution in [0.25, 0.3) is 10.2 Å². The number of aromatic nitrogens is 1. The number of ether oxygens (including phenoxy) is 2. The van der Waals surface area contributed by atoms with Crippen molar-refractivity contribution in [2.75, 3.05) is 24.3 Å². The first-order chi connectivity index (χ1) is 15.2. The summed E-state index contributed by atoms with van der Waals surface area (Å²) in [6.07, 6.45) is 0. The topological polar surface area (TPSA) is 60.5 Å². The Morgan fingerprint density at radius 1 is 1.00 bits per heavy atom. The number of amides is 1. The Bertz CT molecular complexity index is 1140. The highest BCUT2D eigenvalue weighted by Crippen LogP contribution is 2.31. The average molecular weight is 451 g/mol. The van der Waals surface area contributed by atoms with Gasteiger partial charge in [0, 0.05) is 11.4 Å². The number of thioether (sulfide) groups is 1. The lowest BCUT2D eigenvalue weighted by molar-refractivity contribution is -0.118. The summed E-state index contributed by atoms with van der Waals surface area (Å²) in [5.41, 5.74) is 2.87. The predicted molar refractivity (Wildman–Crippen MR) is 128 cm³/mol. The van der Waals surface area contributed by atoms with Crippen LogP contribution in [0.4, 0.5) is 5.69 Å². The molecule has 158 valence electrons. The molecule has 5 nitrogen and oxygen atoms in total. The van der Waals surface area contributed by atoms with Crippen molar-refractivity contribution >= 4 is 44.9 Å². The smallest absolute Gasteiger partial charge is 0.262 e. The van der Waals surface area contributed by atoms with Crippen molar-refractivity contribution in [2.45, 2.75) is 11.3 Å². The molecule has 7 heteroatoms. The molecule has 0 aliphatic carbocycles. The Labute approximate surface area is 189 Å². The van der Waals surface area contributed by atoms with E-state index in [0.717, 1.165) is 31.7 Å². The highest BCUT2D eigenvalue weighted by molar-refractivity contribution is 8.01. The molecule has 0 bridgehead atoms. The molecule has 0 spiro atoms. The predicted octanol–water partition coefficient (Wildman–Crippen LogP) is 5.79. The molecule has 1 N–H and O–H groups in total. The standard InChI is InChI=1S/C24H22N2O3S2/c1-17-7-10-20(11-8-17)28-13-14-30-24-26-21-12-9-18(15-22(21)31-24)25-23(27)16-29-19-5-3-2-4-6-19/h2-12,15H,13-14,16H2,1H3,(H,25,27). The maximum Gasteiger partial charge on any atom is 0.262 e. The number of rotatable bonds is 9. The molecule has 0 aliphatic heterocycles. The summed E-state index contributed by atoms with van der Waals surface area (Å²) in [5, 5.41) is 2.88. The molecule has 3 aromatic carbocycles. The Morgan fingerprint density at radius 3 is 2.58 bits per heavy atom. The van der Waals surface area contributed by atoms with Gasteiger partial charge in [-0.05, 0) is 49.4 Å². The number of para-hydroxylation sites is 1. The number of anilines is 1. The van der Waals surface area contributed by atoms with E-state index in [2.05, 4.69) is 17.2 Å². The fourth-order valence-corrected chi connectivity index (χ4v) is 4.82. The van der Waals surface area contributed by atoms with Crippen molar-refractivity contribution in [3.8, 4) is 11.5 Å². The van der Waals surface area contributed by atoms with E-state index in [-0.39, 0.29) is 12.5 Å². The first kappa shape index (κ1) is 21.2. The number of nitrogens with one attached hydrogen (secondary N) is 1. The van der Waals surface area contributed by atoms with Gasteiger partial charge in [0.15, 0.2) is 10.9 Å². The summed E-state index contributed by atoms with van der Waals surface area (Å²) in [6, 6.07) is 23.1. The van der Waals surface area contributed by atoms with Crippen molar-refractivity contribution in [3.63, 3.8) is 0 Å². The fraction of sp³-hybridized carbons (Fsp3) is 0.167. The molecule has 1 heterocycles. The number of benzene rings is 3. The minimum atomic E-state index is -0.199.